The number of ether oxygens (including phenoxy) is 1. The Kier molecular flexibility index (Phi) is 4.99. The topological polar surface area (TPSA) is 29.5 Å². The first-order valence-electron chi connectivity index (χ1n) is 9.32. The standard InChI is InChI=1S/C22H19F5O2/c23-17-4-1-13(2-5-17)20-14(11-28)7-8-21(20)10-15(12-29-21)18-9-16(22(25,26)27)3-6-19(18)24/h1-6,9-10,14,20,28H,7-8,11-12H2/t14-,20-,21-/m1/s1. The van der Waals surface area contributed by atoms with Gasteiger partial charge in [0.1, 0.15) is 11.6 Å². The van der Waals surface area contributed by atoms with E-state index >= 15 is 0 Å². The van der Waals surface area contributed by atoms with E-state index in [2.05, 4.69) is 0 Å². The molecule has 4 rings (SSSR count). The van der Waals surface area contributed by atoms with E-state index in [0.717, 1.165) is 17.7 Å². The largest absolute Gasteiger partial charge is 0.416 e. The molecule has 3 atom stereocenters. The average Bonchev–Trinajstić information content (AvgIpc) is 3.26. The Balaban J connectivity index is 1.75. The van der Waals surface area contributed by atoms with Crippen molar-refractivity contribution in [2.24, 2.45) is 5.92 Å². The van der Waals surface area contributed by atoms with Gasteiger partial charge < -0.3 is 9.84 Å². The quantitative estimate of drug-likeness (QED) is 0.694. The molecule has 1 aliphatic heterocycles. The Morgan fingerprint density at radius 2 is 1.79 bits per heavy atom. The number of alkyl halides is 3. The molecule has 1 saturated carbocycles. The fraction of sp³-hybridized carbons (Fsp3) is 0.364. The molecule has 2 aromatic rings. The number of aliphatic hydroxyl groups excluding tert-OH is 1. The molecule has 0 amide bonds. The third kappa shape index (κ3) is 3.57. The fourth-order valence-corrected chi connectivity index (χ4v) is 4.57. The van der Waals surface area contributed by atoms with Gasteiger partial charge in [0.2, 0.25) is 0 Å². The molecule has 2 aromatic carbocycles. The molecule has 1 fully saturated rings. The summed E-state index contributed by atoms with van der Waals surface area (Å²) >= 11 is 0. The van der Waals surface area contributed by atoms with Crippen LogP contribution in [0.1, 0.15) is 35.4 Å². The Morgan fingerprint density at radius 3 is 2.45 bits per heavy atom. The van der Waals surface area contributed by atoms with Crippen molar-refractivity contribution in [2.45, 2.75) is 30.5 Å². The molecule has 2 nitrogen and oxygen atoms in total. The van der Waals surface area contributed by atoms with Gasteiger partial charge in [0.05, 0.1) is 17.8 Å². The van der Waals surface area contributed by atoms with Crippen LogP contribution in [0.2, 0.25) is 0 Å². The highest BCUT2D eigenvalue weighted by atomic mass is 19.4. The average molecular weight is 410 g/mol. The number of hydrogen-bond donors (Lipinski definition) is 1. The first-order valence-corrected chi connectivity index (χ1v) is 9.32. The molecule has 0 unspecified atom stereocenters. The van der Waals surface area contributed by atoms with Gasteiger partial charge in [-0.3, -0.25) is 0 Å². The van der Waals surface area contributed by atoms with Gasteiger partial charge >= 0.3 is 6.18 Å². The van der Waals surface area contributed by atoms with Gasteiger partial charge in [0.15, 0.2) is 0 Å². The van der Waals surface area contributed by atoms with Crippen molar-refractivity contribution in [2.75, 3.05) is 13.2 Å². The van der Waals surface area contributed by atoms with Crippen LogP contribution in [0.3, 0.4) is 0 Å². The van der Waals surface area contributed by atoms with Crippen molar-refractivity contribution >= 4 is 5.57 Å². The highest BCUT2D eigenvalue weighted by molar-refractivity contribution is 5.71. The van der Waals surface area contributed by atoms with E-state index in [4.69, 9.17) is 4.74 Å². The van der Waals surface area contributed by atoms with E-state index in [9.17, 15) is 27.1 Å². The second-order valence-corrected chi connectivity index (χ2v) is 7.62. The van der Waals surface area contributed by atoms with Crippen LogP contribution in [-0.4, -0.2) is 23.9 Å². The predicted octanol–water partition coefficient (Wildman–Crippen LogP) is 5.32. The van der Waals surface area contributed by atoms with Gasteiger partial charge in [-0.15, -0.1) is 0 Å². The van der Waals surface area contributed by atoms with E-state index < -0.39 is 29.0 Å². The number of benzene rings is 2. The molecule has 7 heteroatoms. The van der Waals surface area contributed by atoms with Crippen LogP contribution in [0.4, 0.5) is 22.0 Å². The lowest BCUT2D eigenvalue weighted by molar-refractivity contribution is -0.137. The summed E-state index contributed by atoms with van der Waals surface area (Å²) < 4.78 is 72.9. The van der Waals surface area contributed by atoms with E-state index in [1.54, 1.807) is 18.2 Å². The molecule has 0 radical (unpaired) electrons. The van der Waals surface area contributed by atoms with Crippen LogP contribution in [-0.2, 0) is 10.9 Å². The molecule has 29 heavy (non-hydrogen) atoms. The third-order valence-corrected chi connectivity index (χ3v) is 5.92. The molecular weight excluding hydrogens is 391 g/mol. The summed E-state index contributed by atoms with van der Waals surface area (Å²) in [4.78, 5) is 0. The minimum absolute atomic E-state index is 0.0337. The van der Waals surface area contributed by atoms with Crippen LogP contribution in [0.15, 0.2) is 48.5 Å². The highest BCUT2D eigenvalue weighted by Gasteiger charge is 2.51. The van der Waals surface area contributed by atoms with Crippen molar-refractivity contribution in [3.63, 3.8) is 0 Å². The number of hydrogen-bond acceptors (Lipinski definition) is 2. The Morgan fingerprint density at radius 1 is 1.07 bits per heavy atom. The first-order chi connectivity index (χ1) is 13.7. The van der Waals surface area contributed by atoms with Crippen LogP contribution in [0.5, 0.6) is 0 Å². The van der Waals surface area contributed by atoms with Gasteiger partial charge in [-0.05, 0) is 66.3 Å². The summed E-state index contributed by atoms with van der Waals surface area (Å²) in [6, 6.07) is 8.21. The first kappa shape index (κ1) is 20.0. The Hall–Kier alpha value is -2.25. The second kappa shape index (κ2) is 7.22. The molecule has 2 aliphatic rings. The third-order valence-electron chi connectivity index (χ3n) is 5.92. The van der Waals surface area contributed by atoms with Crippen molar-refractivity contribution in [1.82, 2.24) is 0 Å². The van der Waals surface area contributed by atoms with Crippen LogP contribution >= 0.6 is 0 Å². The predicted molar refractivity (Wildman–Crippen MR) is 97.0 cm³/mol. The lowest BCUT2D eigenvalue weighted by atomic mass is 9.80. The summed E-state index contributed by atoms with van der Waals surface area (Å²) in [5, 5.41) is 9.81. The van der Waals surface area contributed by atoms with Crippen LogP contribution in [0, 0.1) is 17.6 Å². The smallest absolute Gasteiger partial charge is 0.396 e. The van der Waals surface area contributed by atoms with E-state index in [0.29, 0.717) is 24.5 Å². The highest BCUT2D eigenvalue weighted by Crippen LogP contribution is 2.53. The summed E-state index contributed by atoms with van der Waals surface area (Å²) in [5.41, 5.74) is -0.821. The van der Waals surface area contributed by atoms with Crippen molar-refractivity contribution < 1.29 is 31.8 Å². The molecule has 1 aliphatic carbocycles. The van der Waals surface area contributed by atoms with Crippen LogP contribution < -0.4 is 0 Å². The molecule has 0 saturated heterocycles. The van der Waals surface area contributed by atoms with Gasteiger partial charge in [-0.1, -0.05) is 12.1 Å². The van der Waals surface area contributed by atoms with Gasteiger partial charge in [0, 0.05) is 18.1 Å². The van der Waals surface area contributed by atoms with Crippen molar-refractivity contribution in [3.8, 4) is 0 Å². The zero-order valence-electron chi connectivity index (χ0n) is 15.3. The zero-order chi connectivity index (χ0) is 20.8. The zero-order valence-corrected chi connectivity index (χ0v) is 15.3. The Labute approximate surface area is 164 Å². The summed E-state index contributed by atoms with van der Waals surface area (Å²) in [6.07, 6.45) is -1.72. The summed E-state index contributed by atoms with van der Waals surface area (Å²) in [6.45, 7) is -0.137. The van der Waals surface area contributed by atoms with Gasteiger partial charge in [-0.25, -0.2) is 8.78 Å². The lowest BCUT2D eigenvalue weighted by Crippen LogP contribution is -2.33. The van der Waals surface area contributed by atoms with Crippen molar-refractivity contribution in [3.05, 3.63) is 76.9 Å². The molecule has 1 heterocycles. The Bertz CT molecular complexity index is 935. The number of halogens is 5. The summed E-state index contributed by atoms with van der Waals surface area (Å²) in [7, 11) is 0. The normalized spacial score (nSPS) is 26.9. The van der Waals surface area contributed by atoms with E-state index in [1.807, 2.05) is 0 Å². The van der Waals surface area contributed by atoms with E-state index in [1.165, 1.54) is 12.1 Å². The fourth-order valence-electron chi connectivity index (χ4n) is 4.57. The SMILES string of the molecule is OC[C@H]1CC[C@@]2(C=C(c3cc(C(F)(F)F)ccc3F)CO2)[C@@H]1c1ccc(F)cc1. The van der Waals surface area contributed by atoms with E-state index in [-0.39, 0.29) is 30.6 Å². The molecule has 154 valence electrons. The molecule has 1 spiro atoms. The maximum Gasteiger partial charge on any atom is 0.416 e. The number of aliphatic hydroxyl groups is 1. The molecule has 1 N–H and O–H groups in total. The molecular formula is C22H19F5O2. The lowest BCUT2D eigenvalue weighted by Gasteiger charge is -2.32. The van der Waals surface area contributed by atoms with Gasteiger partial charge in [0.25, 0.3) is 0 Å². The number of rotatable bonds is 3. The second-order valence-electron chi connectivity index (χ2n) is 7.62. The minimum atomic E-state index is -4.58. The maximum atomic E-state index is 14.3. The summed E-state index contributed by atoms with van der Waals surface area (Å²) in [5.74, 6) is -1.60. The minimum Gasteiger partial charge on any atom is -0.396 e. The molecule has 0 bridgehead atoms. The van der Waals surface area contributed by atoms with Crippen molar-refractivity contribution in [1.29, 1.82) is 0 Å². The molecule has 0 aromatic heterocycles. The van der Waals surface area contributed by atoms with Crippen LogP contribution in [0.25, 0.3) is 5.57 Å². The monoisotopic (exact) mass is 410 g/mol. The maximum absolute atomic E-state index is 14.3. The van der Waals surface area contributed by atoms with Gasteiger partial charge in [-0.2, -0.15) is 13.2 Å².